The van der Waals surface area contributed by atoms with Crippen LogP contribution in [0.4, 0.5) is 0 Å². The smallest absolute Gasteiger partial charge is 0.231 e. The van der Waals surface area contributed by atoms with Crippen LogP contribution in [0.3, 0.4) is 0 Å². The molecule has 23 heavy (non-hydrogen) atoms. The number of hydrogen-bond donors (Lipinski definition) is 1. The number of H-pyrrole nitrogens is 1. The number of para-hydroxylation sites is 1. The number of rotatable bonds is 1. The van der Waals surface area contributed by atoms with Gasteiger partial charge in [0.1, 0.15) is 0 Å². The molecule has 4 heteroatoms. The van der Waals surface area contributed by atoms with E-state index >= 15 is 0 Å². The van der Waals surface area contributed by atoms with Crippen LogP contribution in [0.15, 0.2) is 42.5 Å². The van der Waals surface area contributed by atoms with E-state index in [1.54, 1.807) is 0 Å². The summed E-state index contributed by atoms with van der Waals surface area (Å²) in [6.45, 7) is 1.37. The SMILES string of the molecule is CN1CCc2c([nH]c3ccccc23)[C@H]1c1ccc2c(c1)OCO2. The Balaban J connectivity index is 1.68. The Bertz CT molecular complexity index is 900. The maximum atomic E-state index is 5.56. The lowest BCUT2D eigenvalue weighted by Crippen LogP contribution is -2.32. The fourth-order valence-corrected chi connectivity index (χ4v) is 3.87. The average molecular weight is 306 g/mol. The summed E-state index contributed by atoms with van der Waals surface area (Å²) < 4.78 is 11.0. The zero-order chi connectivity index (χ0) is 15.4. The van der Waals surface area contributed by atoms with E-state index < -0.39 is 0 Å². The number of hydrogen-bond acceptors (Lipinski definition) is 3. The van der Waals surface area contributed by atoms with Crippen LogP contribution in [0.2, 0.25) is 0 Å². The van der Waals surface area contributed by atoms with Crippen LogP contribution in [-0.4, -0.2) is 30.3 Å². The normalized spacial score (nSPS) is 20.0. The summed E-state index contributed by atoms with van der Waals surface area (Å²) >= 11 is 0. The summed E-state index contributed by atoms with van der Waals surface area (Å²) in [4.78, 5) is 6.05. The van der Waals surface area contributed by atoms with Gasteiger partial charge in [-0.3, -0.25) is 4.90 Å². The number of ether oxygens (including phenoxy) is 2. The average Bonchev–Trinajstić information content (AvgIpc) is 3.17. The molecule has 1 N–H and O–H groups in total. The fraction of sp³-hybridized carbons (Fsp3) is 0.263. The summed E-state index contributed by atoms with van der Waals surface area (Å²) in [5.74, 6) is 1.68. The summed E-state index contributed by atoms with van der Waals surface area (Å²) in [5.41, 5.74) is 5.21. The molecule has 4 nitrogen and oxygen atoms in total. The van der Waals surface area contributed by atoms with Crippen molar-refractivity contribution in [3.05, 3.63) is 59.3 Å². The minimum absolute atomic E-state index is 0.223. The minimum Gasteiger partial charge on any atom is -0.454 e. The predicted molar refractivity (Wildman–Crippen MR) is 89.0 cm³/mol. The molecule has 2 aliphatic heterocycles. The zero-order valence-electron chi connectivity index (χ0n) is 13.0. The molecular weight excluding hydrogens is 288 g/mol. The van der Waals surface area contributed by atoms with Gasteiger partial charge >= 0.3 is 0 Å². The van der Waals surface area contributed by atoms with Crippen molar-refractivity contribution >= 4 is 10.9 Å². The Labute approximate surface area is 134 Å². The van der Waals surface area contributed by atoms with Gasteiger partial charge in [0.2, 0.25) is 6.79 Å². The van der Waals surface area contributed by atoms with Crippen LogP contribution in [-0.2, 0) is 6.42 Å². The van der Waals surface area contributed by atoms with Gasteiger partial charge in [0, 0.05) is 23.1 Å². The number of fused-ring (bicyclic) bond motifs is 4. The number of benzene rings is 2. The molecule has 5 rings (SSSR count). The van der Waals surface area contributed by atoms with Crippen LogP contribution >= 0.6 is 0 Å². The van der Waals surface area contributed by atoms with E-state index in [-0.39, 0.29) is 6.04 Å². The van der Waals surface area contributed by atoms with Gasteiger partial charge in [-0.25, -0.2) is 0 Å². The Morgan fingerprint density at radius 1 is 1.09 bits per heavy atom. The predicted octanol–water partition coefficient (Wildman–Crippen LogP) is 3.47. The van der Waals surface area contributed by atoms with E-state index in [0.717, 1.165) is 24.5 Å². The summed E-state index contributed by atoms with van der Waals surface area (Å²) in [7, 11) is 2.18. The van der Waals surface area contributed by atoms with Crippen molar-refractivity contribution in [1.29, 1.82) is 0 Å². The van der Waals surface area contributed by atoms with Crippen LogP contribution in [0.1, 0.15) is 22.9 Å². The van der Waals surface area contributed by atoms with Crippen molar-refractivity contribution in [2.75, 3.05) is 20.4 Å². The maximum absolute atomic E-state index is 5.56. The molecule has 2 aromatic carbocycles. The molecule has 2 aliphatic rings. The van der Waals surface area contributed by atoms with Gasteiger partial charge in [-0.2, -0.15) is 0 Å². The molecule has 0 bridgehead atoms. The number of nitrogens with zero attached hydrogens (tertiary/aromatic N) is 1. The molecule has 1 aromatic heterocycles. The molecular formula is C19H18N2O2. The third kappa shape index (κ3) is 1.88. The molecule has 0 radical (unpaired) electrons. The van der Waals surface area contributed by atoms with Gasteiger partial charge in [0.05, 0.1) is 6.04 Å². The molecule has 1 atom stereocenters. The van der Waals surface area contributed by atoms with Crippen molar-refractivity contribution in [2.45, 2.75) is 12.5 Å². The lowest BCUT2D eigenvalue weighted by molar-refractivity contribution is 0.174. The molecule has 0 unspecified atom stereocenters. The minimum atomic E-state index is 0.223. The number of likely N-dealkylation sites (N-methyl/N-ethyl adjacent to an activating group) is 1. The van der Waals surface area contributed by atoms with E-state index in [0.29, 0.717) is 6.79 Å². The van der Waals surface area contributed by atoms with Crippen molar-refractivity contribution in [3.8, 4) is 11.5 Å². The van der Waals surface area contributed by atoms with Gasteiger partial charge in [-0.1, -0.05) is 24.3 Å². The Morgan fingerprint density at radius 2 is 1.96 bits per heavy atom. The van der Waals surface area contributed by atoms with Gasteiger partial charge in [-0.15, -0.1) is 0 Å². The van der Waals surface area contributed by atoms with Crippen LogP contribution in [0.5, 0.6) is 11.5 Å². The second-order valence-electron chi connectivity index (χ2n) is 6.31. The van der Waals surface area contributed by atoms with Gasteiger partial charge < -0.3 is 14.5 Å². The van der Waals surface area contributed by atoms with Gasteiger partial charge in [0.25, 0.3) is 0 Å². The standard InChI is InChI=1S/C19H18N2O2/c1-21-9-8-14-13-4-2-3-5-15(13)20-18(14)19(21)12-6-7-16-17(10-12)23-11-22-16/h2-7,10,19-20H,8-9,11H2,1H3/t19-/m1/s1. The number of nitrogens with one attached hydrogen (secondary N) is 1. The maximum Gasteiger partial charge on any atom is 0.231 e. The van der Waals surface area contributed by atoms with Crippen molar-refractivity contribution in [2.24, 2.45) is 0 Å². The summed E-state index contributed by atoms with van der Waals surface area (Å²) in [6, 6.07) is 15.1. The summed E-state index contributed by atoms with van der Waals surface area (Å²) in [6.07, 6.45) is 1.08. The van der Waals surface area contributed by atoms with Crippen LogP contribution < -0.4 is 9.47 Å². The molecule has 0 saturated heterocycles. The monoisotopic (exact) mass is 306 g/mol. The quantitative estimate of drug-likeness (QED) is 0.748. The first-order valence-corrected chi connectivity index (χ1v) is 8.00. The van der Waals surface area contributed by atoms with Crippen LogP contribution in [0.25, 0.3) is 10.9 Å². The Hall–Kier alpha value is -2.46. The van der Waals surface area contributed by atoms with Crippen LogP contribution in [0, 0.1) is 0 Å². The van der Waals surface area contributed by atoms with E-state index in [9.17, 15) is 0 Å². The first kappa shape index (κ1) is 13.0. The lowest BCUT2D eigenvalue weighted by atomic mass is 9.93. The van der Waals surface area contributed by atoms with Gasteiger partial charge in [0.15, 0.2) is 11.5 Å². The second kappa shape index (κ2) is 4.77. The molecule has 3 aromatic rings. The first-order valence-electron chi connectivity index (χ1n) is 8.00. The van der Waals surface area contributed by atoms with E-state index in [2.05, 4.69) is 53.3 Å². The molecule has 0 saturated carbocycles. The number of aromatic amines is 1. The molecule has 0 amide bonds. The highest BCUT2D eigenvalue weighted by molar-refractivity contribution is 5.85. The molecule has 0 spiro atoms. The van der Waals surface area contributed by atoms with Crippen molar-refractivity contribution < 1.29 is 9.47 Å². The third-order valence-electron chi connectivity index (χ3n) is 4.99. The van der Waals surface area contributed by atoms with E-state index in [1.807, 2.05) is 6.07 Å². The second-order valence-corrected chi connectivity index (χ2v) is 6.31. The van der Waals surface area contributed by atoms with Gasteiger partial charge in [-0.05, 0) is 42.8 Å². The van der Waals surface area contributed by atoms with E-state index in [4.69, 9.17) is 9.47 Å². The fourth-order valence-electron chi connectivity index (χ4n) is 3.87. The topological polar surface area (TPSA) is 37.5 Å². The summed E-state index contributed by atoms with van der Waals surface area (Å²) in [5, 5.41) is 1.35. The molecule has 0 fully saturated rings. The van der Waals surface area contributed by atoms with Crippen molar-refractivity contribution in [1.82, 2.24) is 9.88 Å². The Kier molecular flexibility index (Phi) is 2.70. The highest BCUT2D eigenvalue weighted by atomic mass is 16.7. The first-order chi connectivity index (χ1) is 11.3. The van der Waals surface area contributed by atoms with E-state index in [1.165, 1.54) is 27.7 Å². The highest BCUT2D eigenvalue weighted by Crippen LogP contribution is 2.41. The largest absolute Gasteiger partial charge is 0.454 e. The van der Waals surface area contributed by atoms with Crippen molar-refractivity contribution in [3.63, 3.8) is 0 Å². The zero-order valence-corrected chi connectivity index (χ0v) is 13.0. The lowest BCUT2D eigenvalue weighted by Gasteiger charge is -2.33. The highest BCUT2D eigenvalue weighted by Gasteiger charge is 2.30. The molecule has 0 aliphatic carbocycles. The third-order valence-corrected chi connectivity index (χ3v) is 4.99. The molecule has 116 valence electrons. The number of aromatic nitrogens is 1. The molecule has 3 heterocycles. The Morgan fingerprint density at radius 3 is 2.91 bits per heavy atom.